The molecule has 0 heterocycles. The number of phenols is 1. The highest BCUT2D eigenvalue weighted by Crippen LogP contribution is 2.34. The lowest BCUT2D eigenvalue weighted by Crippen LogP contribution is -2.29. The number of halogens is 2. The van der Waals surface area contributed by atoms with E-state index >= 15 is 0 Å². The van der Waals surface area contributed by atoms with Crippen molar-refractivity contribution < 1.29 is 9.90 Å². The quantitative estimate of drug-likeness (QED) is 0.508. The number of carbonyl (C=O) groups is 1. The molecule has 0 bridgehead atoms. The molecule has 1 N–H and O–H groups in total. The molecule has 1 rings (SSSR count). The molecule has 0 aromatic heterocycles. The number of carbonyl (C=O) groups excluding carboxylic acids is 1. The maximum absolute atomic E-state index is 12.5. The first kappa shape index (κ1) is 18.9. The van der Waals surface area contributed by atoms with Gasteiger partial charge in [-0.05, 0) is 48.8 Å². The number of thioether (sulfide) groups is 1. The van der Waals surface area contributed by atoms with Crippen LogP contribution in [0.25, 0.3) is 0 Å². The Hall–Kier alpha value is -0.110. The van der Waals surface area contributed by atoms with Gasteiger partial charge in [-0.25, -0.2) is 0 Å². The number of phenolic OH excluding ortho intramolecular Hbond substituents is 1. The van der Waals surface area contributed by atoms with Crippen LogP contribution in [0.2, 0.25) is 0 Å². The monoisotopic (exact) mass is 453 g/mol. The Balaban J connectivity index is 2.91. The molecular weight excluding hydrogens is 438 g/mol. The van der Waals surface area contributed by atoms with Crippen LogP contribution in [0.5, 0.6) is 5.75 Å². The SMILES string of the molecule is CCN(CC)C(=S)SC(C)C(=O)c1cc(Br)cc(Br)c1O. The first-order valence-electron chi connectivity index (χ1n) is 6.49. The van der Waals surface area contributed by atoms with E-state index in [0.717, 1.165) is 17.6 Å². The predicted molar refractivity (Wildman–Crippen MR) is 100 cm³/mol. The van der Waals surface area contributed by atoms with E-state index in [9.17, 15) is 9.90 Å². The second-order valence-corrected chi connectivity index (χ2v) is 8.09. The number of rotatable bonds is 5. The van der Waals surface area contributed by atoms with Crippen molar-refractivity contribution in [2.45, 2.75) is 26.0 Å². The zero-order valence-electron chi connectivity index (χ0n) is 12.0. The molecule has 3 nitrogen and oxygen atoms in total. The maximum atomic E-state index is 12.5. The third kappa shape index (κ3) is 4.94. The highest BCUT2D eigenvalue weighted by molar-refractivity contribution is 9.11. The van der Waals surface area contributed by atoms with Gasteiger partial charge in [0.1, 0.15) is 10.1 Å². The second-order valence-electron chi connectivity index (χ2n) is 4.35. The smallest absolute Gasteiger partial charge is 0.179 e. The fourth-order valence-corrected chi connectivity index (χ4v) is 4.59. The van der Waals surface area contributed by atoms with Crippen LogP contribution in [0.1, 0.15) is 31.1 Å². The molecule has 1 aromatic carbocycles. The van der Waals surface area contributed by atoms with E-state index in [0.29, 0.717) is 14.4 Å². The molecule has 7 heteroatoms. The van der Waals surface area contributed by atoms with Crippen LogP contribution in [0.15, 0.2) is 21.1 Å². The maximum Gasteiger partial charge on any atom is 0.179 e. The van der Waals surface area contributed by atoms with Crippen LogP contribution in [-0.4, -0.2) is 38.4 Å². The van der Waals surface area contributed by atoms with Crippen LogP contribution in [0, 0.1) is 0 Å². The minimum absolute atomic E-state index is 0.0376. The standard InChI is InChI=1S/C14H17Br2NO2S2/c1-4-17(5-2)14(20)21-8(3)12(18)10-6-9(15)7-11(16)13(10)19/h6-8,19H,4-5H2,1-3H3. The van der Waals surface area contributed by atoms with Crippen LogP contribution in [0.3, 0.4) is 0 Å². The number of ketones is 1. The van der Waals surface area contributed by atoms with Crippen molar-refractivity contribution in [3.63, 3.8) is 0 Å². The Kier molecular flexibility index (Phi) is 7.67. The Bertz CT molecular complexity index is 548. The Labute approximate surface area is 151 Å². The third-order valence-corrected chi connectivity index (χ3v) is 5.60. The highest BCUT2D eigenvalue weighted by Gasteiger charge is 2.23. The highest BCUT2D eigenvalue weighted by atomic mass is 79.9. The van der Waals surface area contributed by atoms with E-state index in [1.165, 1.54) is 11.8 Å². The zero-order valence-corrected chi connectivity index (χ0v) is 16.8. The van der Waals surface area contributed by atoms with E-state index in [-0.39, 0.29) is 16.8 Å². The van der Waals surface area contributed by atoms with Crippen LogP contribution in [-0.2, 0) is 0 Å². The Morgan fingerprint density at radius 3 is 2.48 bits per heavy atom. The summed E-state index contributed by atoms with van der Waals surface area (Å²) in [6.07, 6.45) is 0. The van der Waals surface area contributed by atoms with Gasteiger partial charge in [0.2, 0.25) is 0 Å². The lowest BCUT2D eigenvalue weighted by Gasteiger charge is -2.23. The van der Waals surface area contributed by atoms with E-state index in [1.807, 2.05) is 18.7 Å². The molecule has 21 heavy (non-hydrogen) atoms. The molecule has 0 radical (unpaired) electrons. The summed E-state index contributed by atoms with van der Waals surface area (Å²) in [5.74, 6) is -0.182. The van der Waals surface area contributed by atoms with Gasteiger partial charge in [0, 0.05) is 17.6 Å². The van der Waals surface area contributed by atoms with Crippen molar-refractivity contribution >= 4 is 65.9 Å². The fraction of sp³-hybridized carbons (Fsp3) is 0.429. The van der Waals surface area contributed by atoms with Gasteiger partial charge in [-0.1, -0.05) is 39.9 Å². The molecule has 116 valence electrons. The van der Waals surface area contributed by atoms with Gasteiger partial charge in [-0.2, -0.15) is 0 Å². The van der Waals surface area contributed by atoms with Crippen LogP contribution in [0.4, 0.5) is 0 Å². The van der Waals surface area contributed by atoms with Gasteiger partial charge in [-0.3, -0.25) is 4.79 Å². The van der Waals surface area contributed by atoms with Gasteiger partial charge < -0.3 is 10.0 Å². The topological polar surface area (TPSA) is 40.5 Å². The summed E-state index contributed by atoms with van der Waals surface area (Å²) in [7, 11) is 0. The summed E-state index contributed by atoms with van der Waals surface area (Å²) in [4.78, 5) is 14.5. The van der Waals surface area contributed by atoms with Crippen LogP contribution >= 0.6 is 55.8 Å². The average Bonchev–Trinajstić information content (AvgIpc) is 2.43. The first-order chi connectivity index (χ1) is 9.81. The van der Waals surface area contributed by atoms with E-state index < -0.39 is 0 Å². The van der Waals surface area contributed by atoms with E-state index in [1.54, 1.807) is 19.1 Å². The van der Waals surface area contributed by atoms with Crippen molar-refractivity contribution in [2.24, 2.45) is 0 Å². The molecule has 1 atom stereocenters. The third-order valence-electron chi connectivity index (χ3n) is 2.96. The van der Waals surface area contributed by atoms with E-state index in [2.05, 4.69) is 31.9 Å². The Morgan fingerprint density at radius 2 is 1.95 bits per heavy atom. The molecular formula is C14H17Br2NO2S2. The average molecular weight is 455 g/mol. The molecule has 1 aromatic rings. The zero-order chi connectivity index (χ0) is 16.2. The number of benzene rings is 1. The summed E-state index contributed by atoms with van der Waals surface area (Å²) in [5, 5.41) is 9.68. The van der Waals surface area contributed by atoms with E-state index in [4.69, 9.17) is 12.2 Å². The van der Waals surface area contributed by atoms with Gasteiger partial charge in [0.05, 0.1) is 15.3 Å². The number of hydrogen-bond acceptors (Lipinski definition) is 4. The molecule has 0 aliphatic rings. The summed E-state index contributed by atoms with van der Waals surface area (Å²) >= 11 is 13.3. The number of nitrogens with zero attached hydrogens (tertiary/aromatic N) is 1. The number of thiocarbonyl (C=S) groups is 1. The molecule has 0 aliphatic heterocycles. The molecule has 0 spiro atoms. The van der Waals surface area contributed by atoms with Gasteiger partial charge in [0.25, 0.3) is 0 Å². The largest absolute Gasteiger partial charge is 0.506 e. The molecule has 0 amide bonds. The number of Topliss-reactive ketones (excluding diaryl/α,β-unsaturated/α-hetero) is 1. The van der Waals surface area contributed by atoms with Crippen molar-refractivity contribution in [2.75, 3.05) is 13.1 Å². The molecule has 0 saturated carbocycles. The summed E-state index contributed by atoms with van der Waals surface area (Å²) < 4.78 is 1.93. The predicted octanol–water partition coefficient (Wildman–Crippen LogP) is 4.85. The van der Waals surface area contributed by atoms with Crippen LogP contribution < -0.4 is 0 Å². The van der Waals surface area contributed by atoms with Gasteiger partial charge in [0.15, 0.2) is 5.78 Å². The molecule has 0 fully saturated rings. The minimum atomic E-state index is -0.356. The summed E-state index contributed by atoms with van der Waals surface area (Å²) in [5.41, 5.74) is 0.290. The van der Waals surface area contributed by atoms with Crippen molar-refractivity contribution in [1.29, 1.82) is 0 Å². The normalized spacial score (nSPS) is 12.0. The van der Waals surface area contributed by atoms with Gasteiger partial charge in [-0.15, -0.1) is 0 Å². The number of aromatic hydroxyl groups is 1. The summed E-state index contributed by atoms with van der Waals surface area (Å²) in [6, 6.07) is 3.32. The minimum Gasteiger partial charge on any atom is -0.506 e. The fourth-order valence-electron chi connectivity index (χ4n) is 1.73. The van der Waals surface area contributed by atoms with Crippen molar-refractivity contribution in [1.82, 2.24) is 4.90 Å². The van der Waals surface area contributed by atoms with Crippen molar-refractivity contribution in [3.8, 4) is 5.75 Å². The second kappa shape index (κ2) is 8.50. The first-order valence-corrected chi connectivity index (χ1v) is 9.36. The molecule has 1 unspecified atom stereocenters. The lowest BCUT2D eigenvalue weighted by molar-refractivity contribution is 0.0991. The summed E-state index contributed by atoms with van der Waals surface area (Å²) in [6.45, 7) is 7.49. The van der Waals surface area contributed by atoms with Crippen molar-refractivity contribution in [3.05, 3.63) is 26.6 Å². The Morgan fingerprint density at radius 1 is 1.38 bits per heavy atom. The number of hydrogen-bond donors (Lipinski definition) is 1. The molecule has 0 aliphatic carbocycles. The molecule has 0 saturated heterocycles. The lowest BCUT2D eigenvalue weighted by atomic mass is 10.1. The van der Waals surface area contributed by atoms with Gasteiger partial charge >= 0.3 is 0 Å².